The number of piperidine rings is 1. The van der Waals surface area contributed by atoms with Crippen LogP contribution in [0.15, 0.2) is 23.2 Å². The fourth-order valence-corrected chi connectivity index (χ4v) is 6.46. The van der Waals surface area contributed by atoms with E-state index in [0.717, 1.165) is 36.9 Å². The highest BCUT2D eigenvalue weighted by Crippen LogP contribution is 2.46. The third-order valence-electron chi connectivity index (χ3n) is 5.64. The molecule has 0 amide bonds. The van der Waals surface area contributed by atoms with Crippen LogP contribution in [0.4, 0.5) is 5.95 Å². The van der Waals surface area contributed by atoms with Crippen molar-refractivity contribution >= 4 is 39.2 Å². The first kappa shape index (κ1) is 19.7. The number of fused-ring (bicyclic) bond motifs is 2. The number of hydrogen-bond donors (Lipinski definition) is 1. The van der Waals surface area contributed by atoms with Gasteiger partial charge in [-0.25, -0.2) is 18.4 Å². The molecule has 1 fully saturated rings. The summed E-state index contributed by atoms with van der Waals surface area (Å²) in [4.78, 5) is 8.55. The molecule has 1 unspecified atom stereocenters. The quantitative estimate of drug-likeness (QED) is 0.783. The highest BCUT2D eigenvalue weighted by atomic mass is 35.5. The van der Waals surface area contributed by atoms with Crippen molar-refractivity contribution in [3.8, 4) is 5.75 Å². The van der Waals surface area contributed by atoms with Crippen molar-refractivity contribution in [3.05, 3.63) is 39.6 Å². The number of rotatable bonds is 3. The van der Waals surface area contributed by atoms with Gasteiger partial charge in [0.25, 0.3) is 0 Å². The summed E-state index contributed by atoms with van der Waals surface area (Å²) in [6.07, 6.45) is 4.99. The van der Waals surface area contributed by atoms with E-state index in [0.29, 0.717) is 13.1 Å². The van der Waals surface area contributed by atoms with Crippen molar-refractivity contribution in [2.75, 3.05) is 25.9 Å². The first-order chi connectivity index (χ1) is 13.3. The summed E-state index contributed by atoms with van der Waals surface area (Å²) in [5.74, 6) is 0.276. The number of anilines is 1. The Hall–Kier alpha value is -1.61. The summed E-state index contributed by atoms with van der Waals surface area (Å²) in [6, 6.07) is 2.91. The fraction of sp³-hybridized carbons (Fsp3) is 0.444. The van der Waals surface area contributed by atoms with Crippen LogP contribution in [0.1, 0.15) is 30.5 Å². The zero-order chi connectivity index (χ0) is 20.1. The topological polar surface area (TPSA) is 98.4 Å². The molecule has 1 saturated heterocycles. The number of nitrogen functional groups attached to an aromatic ring is 1. The second-order valence-corrected chi connectivity index (χ2v) is 9.91. The highest BCUT2D eigenvalue weighted by Gasteiger charge is 2.47. The molecule has 2 heterocycles. The Morgan fingerprint density at radius 2 is 2.07 bits per heavy atom. The predicted molar refractivity (Wildman–Crippen MR) is 107 cm³/mol. The van der Waals surface area contributed by atoms with Crippen LogP contribution < -0.4 is 10.5 Å². The first-order valence-corrected chi connectivity index (χ1v) is 11.1. The Balaban J connectivity index is 1.74. The molecular formula is C18H20Cl2N4O3S. The van der Waals surface area contributed by atoms with Gasteiger partial charge in [-0.2, -0.15) is 4.31 Å². The van der Waals surface area contributed by atoms with E-state index < -0.39 is 10.0 Å². The molecule has 2 aromatic rings. The molecule has 1 atom stereocenters. The molecule has 0 saturated carbocycles. The summed E-state index contributed by atoms with van der Waals surface area (Å²) >= 11 is 12.2. The van der Waals surface area contributed by atoms with Crippen molar-refractivity contribution in [2.45, 2.75) is 36.0 Å². The van der Waals surface area contributed by atoms with Gasteiger partial charge < -0.3 is 10.5 Å². The average Bonchev–Trinajstić information content (AvgIpc) is 3.01. The van der Waals surface area contributed by atoms with E-state index in [1.54, 1.807) is 6.20 Å². The standard InChI is InChI=1S/C18H20Cl2N4O3S/c1-27-15-13(4-3-12(19)14(15)20)28(25,26)24-8-2-6-18(10-24)7-5-11-9-22-17(21)23-16(11)18/h3-4,9H,2,5-8,10H2,1H3,(H2,21,22,23). The number of hydrogen-bond acceptors (Lipinski definition) is 6. The zero-order valence-corrected chi connectivity index (χ0v) is 17.6. The second-order valence-electron chi connectivity index (χ2n) is 7.22. The number of methoxy groups -OCH3 is 1. The van der Waals surface area contributed by atoms with Crippen molar-refractivity contribution < 1.29 is 13.2 Å². The van der Waals surface area contributed by atoms with Gasteiger partial charge in [0, 0.05) is 24.7 Å². The van der Waals surface area contributed by atoms with Crippen LogP contribution in [0, 0.1) is 0 Å². The van der Waals surface area contributed by atoms with Crippen LogP contribution in [0.25, 0.3) is 0 Å². The normalized spacial score (nSPS) is 22.4. The molecule has 150 valence electrons. The summed E-state index contributed by atoms with van der Waals surface area (Å²) in [5, 5.41) is 0.327. The Morgan fingerprint density at radius 3 is 2.82 bits per heavy atom. The van der Waals surface area contributed by atoms with Crippen LogP contribution >= 0.6 is 23.2 Å². The molecular weight excluding hydrogens is 423 g/mol. The third-order valence-corrected chi connectivity index (χ3v) is 8.29. The Kier molecular flexibility index (Phi) is 4.94. The molecule has 1 aliphatic heterocycles. The van der Waals surface area contributed by atoms with E-state index in [2.05, 4.69) is 9.97 Å². The first-order valence-electron chi connectivity index (χ1n) is 8.92. The maximum Gasteiger partial charge on any atom is 0.246 e. The van der Waals surface area contributed by atoms with E-state index in [9.17, 15) is 8.42 Å². The van der Waals surface area contributed by atoms with Crippen LogP contribution in [0.3, 0.4) is 0 Å². The predicted octanol–water partition coefficient (Wildman–Crippen LogP) is 3.04. The second kappa shape index (κ2) is 7.02. The Morgan fingerprint density at radius 1 is 1.29 bits per heavy atom. The number of ether oxygens (including phenoxy) is 1. The molecule has 2 N–H and O–H groups in total. The Bertz CT molecular complexity index is 1040. The van der Waals surface area contributed by atoms with Crippen molar-refractivity contribution in [2.24, 2.45) is 0 Å². The van der Waals surface area contributed by atoms with E-state index in [1.165, 1.54) is 23.5 Å². The fourth-order valence-electron chi connectivity index (χ4n) is 4.29. The minimum absolute atomic E-state index is 0.0156. The van der Waals surface area contributed by atoms with Gasteiger partial charge in [-0.1, -0.05) is 23.2 Å². The van der Waals surface area contributed by atoms with E-state index in [-0.39, 0.29) is 32.1 Å². The molecule has 0 bridgehead atoms. The van der Waals surface area contributed by atoms with Gasteiger partial charge in [-0.3, -0.25) is 0 Å². The smallest absolute Gasteiger partial charge is 0.246 e. The van der Waals surface area contributed by atoms with Crippen LogP contribution in [0.2, 0.25) is 10.0 Å². The van der Waals surface area contributed by atoms with Crippen molar-refractivity contribution in [3.63, 3.8) is 0 Å². The van der Waals surface area contributed by atoms with E-state index in [1.807, 2.05) is 0 Å². The van der Waals surface area contributed by atoms with E-state index in [4.69, 9.17) is 33.7 Å². The lowest BCUT2D eigenvalue weighted by Crippen LogP contribution is -2.47. The summed E-state index contributed by atoms with van der Waals surface area (Å²) in [6.45, 7) is 0.756. The molecule has 1 aromatic carbocycles. The molecule has 28 heavy (non-hydrogen) atoms. The molecule has 1 aromatic heterocycles. The van der Waals surface area contributed by atoms with Gasteiger partial charge in [0.15, 0.2) is 5.75 Å². The number of halogens is 2. The largest absolute Gasteiger partial charge is 0.494 e. The SMILES string of the molecule is COc1c(S(=O)(=O)N2CCCC3(CCc4cnc(N)nc43)C2)ccc(Cl)c1Cl. The minimum atomic E-state index is -3.83. The summed E-state index contributed by atoms with van der Waals surface area (Å²) < 4.78 is 33.6. The van der Waals surface area contributed by atoms with Crippen molar-refractivity contribution in [1.82, 2.24) is 14.3 Å². The highest BCUT2D eigenvalue weighted by molar-refractivity contribution is 7.89. The van der Waals surface area contributed by atoms with E-state index >= 15 is 0 Å². The lowest BCUT2D eigenvalue weighted by molar-refractivity contribution is 0.219. The number of benzene rings is 1. The maximum atomic E-state index is 13.4. The minimum Gasteiger partial charge on any atom is -0.494 e. The molecule has 7 nitrogen and oxygen atoms in total. The monoisotopic (exact) mass is 442 g/mol. The molecule has 4 rings (SSSR count). The lowest BCUT2D eigenvalue weighted by Gasteiger charge is -2.39. The molecule has 10 heteroatoms. The average molecular weight is 443 g/mol. The summed E-state index contributed by atoms with van der Waals surface area (Å²) in [5.41, 5.74) is 7.38. The zero-order valence-electron chi connectivity index (χ0n) is 15.3. The van der Waals surface area contributed by atoms with Crippen LogP contribution in [0.5, 0.6) is 5.75 Å². The lowest BCUT2D eigenvalue weighted by atomic mass is 9.78. The number of aromatic nitrogens is 2. The van der Waals surface area contributed by atoms with Gasteiger partial charge in [0.1, 0.15) is 9.92 Å². The maximum absolute atomic E-state index is 13.4. The number of aryl methyl sites for hydroxylation is 1. The molecule has 1 aliphatic carbocycles. The number of sulfonamides is 1. The van der Waals surface area contributed by atoms with Gasteiger partial charge in [-0.15, -0.1) is 0 Å². The molecule has 2 aliphatic rings. The summed E-state index contributed by atoms with van der Waals surface area (Å²) in [7, 11) is -2.45. The number of nitrogens with two attached hydrogens (primary N) is 1. The number of nitrogens with zero attached hydrogens (tertiary/aromatic N) is 3. The van der Waals surface area contributed by atoms with Gasteiger partial charge in [0.05, 0.1) is 17.8 Å². The molecule has 0 radical (unpaired) electrons. The van der Waals surface area contributed by atoms with Gasteiger partial charge in [-0.05, 0) is 43.4 Å². The van der Waals surface area contributed by atoms with Gasteiger partial charge >= 0.3 is 0 Å². The third kappa shape index (κ3) is 3.03. The van der Waals surface area contributed by atoms with Gasteiger partial charge in [0.2, 0.25) is 16.0 Å². The van der Waals surface area contributed by atoms with Crippen LogP contribution in [-0.4, -0.2) is 42.9 Å². The Labute approximate surface area is 173 Å². The van der Waals surface area contributed by atoms with Crippen LogP contribution in [-0.2, 0) is 21.9 Å². The molecule has 1 spiro atoms. The van der Waals surface area contributed by atoms with Crippen molar-refractivity contribution in [1.29, 1.82) is 0 Å².